The van der Waals surface area contributed by atoms with Crippen LogP contribution in [0, 0.1) is 6.92 Å². The molecule has 0 bridgehead atoms. The molecular formula is C20H22N4O2. The predicted octanol–water partition coefficient (Wildman–Crippen LogP) is 3.92. The van der Waals surface area contributed by atoms with Crippen molar-refractivity contribution in [2.24, 2.45) is 0 Å². The second-order valence-corrected chi connectivity index (χ2v) is 7.29. The highest BCUT2D eigenvalue weighted by Crippen LogP contribution is 2.24. The average molecular weight is 350 g/mol. The lowest BCUT2D eigenvalue weighted by molar-refractivity contribution is -0.115. The fourth-order valence-corrected chi connectivity index (χ4v) is 2.46. The third-order valence-corrected chi connectivity index (χ3v) is 3.89. The van der Waals surface area contributed by atoms with E-state index in [2.05, 4.69) is 20.4 Å². The molecule has 3 rings (SSSR count). The highest BCUT2D eigenvalue weighted by Gasteiger charge is 2.20. The largest absolute Gasteiger partial charge is 0.359 e. The number of nitrogens with zero attached hydrogens (tertiary/aromatic N) is 3. The van der Waals surface area contributed by atoms with Crippen molar-refractivity contribution in [3.05, 3.63) is 59.7 Å². The highest BCUT2D eigenvalue weighted by molar-refractivity contribution is 5.91. The van der Waals surface area contributed by atoms with E-state index in [4.69, 9.17) is 4.52 Å². The standard InChI is InChI=1S/C20H22N4O2/c1-13-11-21-12-16(22-13)15-7-5-14(6-8-15)9-19(25)23-18-10-17(26-24-18)20(2,3)4/h5-8,10-12H,9H2,1-4H3,(H,23,24,25). The second kappa shape index (κ2) is 7.07. The van der Waals surface area contributed by atoms with Crippen LogP contribution in [0.4, 0.5) is 5.82 Å². The molecule has 0 aliphatic heterocycles. The number of aromatic nitrogens is 3. The number of nitrogens with one attached hydrogen (secondary N) is 1. The van der Waals surface area contributed by atoms with Crippen molar-refractivity contribution in [3.8, 4) is 11.3 Å². The lowest BCUT2D eigenvalue weighted by Crippen LogP contribution is -2.14. The minimum Gasteiger partial charge on any atom is -0.359 e. The van der Waals surface area contributed by atoms with E-state index in [1.807, 2.05) is 52.0 Å². The Bertz CT molecular complexity index is 908. The fourth-order valence-electron chi connectivity index (χ4n) is 2.46. The fraction of sp³-hybridized carbons (Fsp3) is 0.300. The lowest BCUT2D eigenvalue weighted by atomic mass is 9.93. The van der Waals surface area contributed by atoms with Gasteiger partial charge in [0.1, 0.15) is 5.76 Å². The molecule has 0 fully saturated rings. The van der Waals surface area contributed by atoms with Gasteiger partial charge in [0, 0.05) is 23.2 Å². The summed E-state index contributed by atoms with van der Waals surface area (Å²) < 4.78 is 5.28. The maximum Gasteiger partial charge on any atom is 0.230 e. The molecular weight excluding hydrogens is 328 g/mol. The van der Waals surface area contributed by atoms with Crippen molar-refractivity contribution in [1.82, 2.24) is 15.1 Å². The Kier molecular flexibility index (Phi) is 4.84. The Balaban J connectivity index is 1.64. The molecule has 0 unspecified atom stereocenters. The van der Waals surface area contributed by atoms with Crippen LogP contribution < -0.4 is 5.32 Å². The van der Waals surface area contributed by atoms with Gasteiger partial charge in [0.2, 0.25) is 5.91 Å². The first kappa shape index (κ1) is 17.8. The summed E-state index contributed by atoms with van der Waals surface area (Å²) in [4.78, 5) is 20.8. The first-order valence-electron chi connectivity index (χ1n) is 8.46. The summed E-state index contributed by atoms with van der Waals surface area (Å²) in [7, 11) is 0. The molecule has 2 heterocycles. The summed E-state index contributed by atoms with van der Waals surface area (Å²) in [6.07, 6.45) is 3.71. The Morgan fingerprint density at radius 1 is 1.15 bits per heavy atom. The summed E-state index contributed by atoms with van der Waals surface area (Å²) in [5.74, 6) is 1.03. The molecule has 0 saturated heterocycles. The van der Waals surface area contributed by atoms with Gasteiger partial charge in [-0.05, 0) is 12.5 Å². The van der Waals surface area contributed by atoms with Crippen LogP contribution in [0.15, 0.2) is 47.2 Å². The zero-order valence-corrected chi connectivity index (χ0v) is 15.4. The Labute approximate surface area is 152 Å². The third-order valence-electron chi connectivity index (χ3n) is 3.89. The molecule has 6 nitrogen and oxygen atoms in total. The molecule has 0 saturated carbocycles. The monoisotopic (exact) mass is 350 g/mol. The number of anilines is 1. The molecule has 2 aromatic heterocycles. The summed E-state index contributed by atoms with van der Waals surface area (Å²) in [6, 6.07) is 9.49. The number of hydrogen-bond acceptors (Lipinski definition) is 5. The molecule has 0 radical (unpaired) electrons. The number of amides is 1. The molecule has 134 valence electrons. The quantitative estimate of drug-likeness (QED) is 0.771. The number of hydrogen-bond donors (Lipinski definition) is 1. The highest BCUT2D eigenvalue weighted by atomic mass is 16.5. The first-order valence-corrected chi connectivity index (χ1v) is 8.46. The summed E-state index contributed by atoms with van der Waals surface area (Å²) in [6.45, 7) is 7.99. The van der Waals surface area contributed by atoms with E-state index in [0.717, 1.165) is 28.3 Å². The summed E-state index contributed by atoms with van der Waals surface area (Å²) >= 11 is 0. The second-order valence-electron chi connectivity index (χ2n) is 7.29. The van der Waals surface area contributed by atoms with E-state index < -0.39 is 0 Å². The van der Waals surface area contributed by atoms with Gasteiger partial charge in [0.25, 0.3) is 0 Å². The number of aryl methyl sites for hydroxylation is 1. The van der Waals surface area contributed by atoms with Crippen LogP contribution in [-0.4, -0.2) is 21.0 Å². The van der Waals surface area contributed by atoms with Crippen LogP contribution >= 0.6 is 0 Å². The van der Waals surface area contributed by atoms with Gasteiger partial charge in [-0.3, -0.25) is 9.78 Å². The zero-order valence-electron chi connectivity index (χ0n) is 15.4. The zero-order chi connectivity index (χ0) is 18.7. The summed E-state index contributed by atoms with van der Waals surface area (Å²) in [5.41, 5.74) is 3.42. The van der Waals surface area contributed by atoms with Crippen LogP contribution in [-0.2, 0) is 16.6 Å². The molecule has 1 amide bonds. The van der Waals surface area contributed by atoms with Gasteiger partial charge in [-0.2, -0.15) is 0 Å². The maximum absolute atomic E-state index is 12.2. The molecule has 0 aliphatic rings. The number of rotatable bonds is 4. The van der Waals surface area contributed by atoms with Crippen LogP contribution in [0.1, 0.15) is 37.8 Å². The van der Waals surface area contributed by atoms with E-state index in [9.17, 15) is 4.79 Å². The molecule has 0 atom stereocenters. The van der Waals surface area contributed by atoms with Crippen molar-refractivity contribution >= 4 is 11.7 Å². The van der Waals surface area contributed by atoms with E-state index >= 15 is 0 Å². The predicted molar refractivity (Wildman–Crippen MR) is 99.7 cm³/mol. The van der Waals surface area contributed by atoms with Crippen molar-refractivity contribution in [1.29, 1.82) is 0 Å². The van der Waals surface area contributed by atoms with Gasteiger partial charge >= 0.3 is 0 Å². The normalized spacial score (nSPS) is 11.4. The molecule has 1 aromatic carbocycles. The number of benzene rings is 1. The molecule has 6 heteroatoms. The summed E-state index contributed by atoms with van der Waals surface area (Å²) in [5, 5.41) is 6.67. The maximum atomic E-state index is 12.2. The van der Waals surface area contributed by atoms with E-state index in [1.165, 1.54) is 0 Å². The van der Waals surface area contributed by atoms with E-state index in [0.29, 0.717) is 5.82 Å². The van der Waals surface area contributed by atoms with Crippen LogP contribution in [0.2, 0.25) is 0 Å². The Morgan fingerprint density at radius 3 is 2.50 bits per heavy atom. The van der Waals surface area contributed by atoms with Crippen molar-refractivity contribution < 1.29 is 9.32 Å². The number of carbonyl (C=O) groups is 1. The van der Waals surface area contributed by atoms with Gasteiger partial charge in [-0.15, -0.1) is 0 Å². The van der Waals surface area contributed by atoms with Gasteiger partial charge in [0.15, 0.2) is 5.82 Å². The molecule has 3 aromatic rings. The molecule has 1 N–H and O–H groups in total. The number of carbonyl (C=O) groups excluding carboxylic acids is 1. The first-order chi connectivity index (χ1) is 12.3. The average Bonchev–Trinajstić information content (AvgIpc) is 3.04. The molecule has 26 heavy (non-hydrogen) atoms. The van der Waals surface area contributed by atoms with Gasteiger partial charge in [-0.1, -0.05) is 50.2 Å². The van der Waals surface area contributed by atoms with Crippen molar-refractivity contribution in [3.63, 3.8) is 0 Å². The minimum absolute atomic E-state index is 0.137. The van der Waals surface area contributed by atoms with E-state index in [-0.39, 0.29) is 17.7 Å². The minimum atomic E-state index is -0.148. The Morgan fingerprint density at radius 2 is 1.88 bits per heavy atom. The molecule has 0 aliphatic carbocycles. The molecule has 0 spiro atoms. The lowest BCUT2D eigenvalue weighted by Gasteiger charge is -2.12. The van der Waals surface area contributed by atoms with E-state index in [1.54, 1.807) is 18.5 Å². The van der Waals surface area contributed by atoms with Gasteiger partial charge in [0.05, 0.1) is 24.0 Å². The third kappa shape index (κ3) is 4.33. The Hall–Kier alpha value is -3.02. The van der Waals surface area contributed by atoms with Crippen molar-refractivity contribution in [2.45, 2.75) is 39.5 Å². The SMILES string of the molecule is Cc1cncc(-c2ccc(CC(=O)Nc3cc(C(C)(C)C)on3)cc2)n1. The van der Waals surface area contributed by atoms with Crippen LogP contribution in [0.25, 0.3) is 11.3 Å². The topological polar surface area (TPSA) is 80.9 Å². The van der Waals surface area contributed by atoms with Crippen molar-refractivity contribution in [2.75, 3.05) is 5.32 Å². The van der Waals surface area contributed by atoms with Crippen LogP contribution in [0.3, 0.4) is 0 Å². The smallest absolute Gasteiger partial charge is 0.230 e. The van der Waals surface area contributed by atoms with Crippen LogP contribution in [0.5, 0.6) is 0 Å². The van der Waals surface area contributed by atoms with Gasteiger partial charge < -0.3 is 9.84 Å². The van der Waals surface area contributed by atoms with Gasteiger partial charge in [-0.25, -0.2) is 4.98 Å².